The number of aromatic nitrogens is 4. The Balaban J connectivity index is 2.63. The molecule has 15 heavy (non-hydrogen) atoms. The minimum atomic E-state index is -0.161. The normalized spacial score (nSPS) is 12.5. The number of aromatic amines is 1. The van der Waals surface area contributed by atoms with Crippen molar-refractivity contribution in [1.29, 1.82) is 0 Å². The molecule has 84 valence electrons. The van der Waals surface area contributed by atoms with E-state index in [1.54, 1.807) is 4.90 Å². The molecule has 1 aromatic rings. The van der Waals surface area contributed by atoms with Gasteiger partial charge in [-0.05, 0) is 18.1 Å². The number of carbonyl (C=O) groups is 1. The van der Waals surface area contributed by atoms with E-state index in [-0.39, 0.29) is 11.7 Å². The fourth-order valence-electron chi connectivity index (χ4n) is 1.25. The summed E-state index contributed by atoms with van der Waals surface area (Å²) in [6, 6.07) is 0. The summed E-state index contributed by atoms with van der Waals surface area (Å²) in [5, 5.41) is 13.0. The smallest absolute Gasteiger partial charge is 0.295 e. The molecule has 0 spiro atoms. The van der Waals surface area contributed by atoms with Crippen molar-refractivity contribution in [3.05, 3.63) is 5.82 Å². The van der Waals surface area contributed by atoms with Gasteiger partial charge in [-0.15, -0.1) is 10.2 Å². The lowest BCUT2D eigenvalue weighted by molar-refractivity contribution is 0.0728. The second kappa shape index (κ2) is 5.43. The van der Waals surface area contributed by atoms with Crippen LogP contribution in [0.5, 0.6) is 0 Å². The Morgan fingerprint density at radius 1 is 1.53 bits per heavy atom. The van der Waals surface area contributed by atoms with E-state index in [4.69, 9.17) is 0 Å². The van der Waals surface area contributed by atoms with Crippen molar-refractivity contribution < 1.29 is 4.79 Å². The molecule has 1 atom stereocenters. The number of H-pyrrole nitrogens is 1. The molecular weight excluding hydrogens is 194 g/mol. The van der Waals surface area contributed by atoms with E-state index in [1.165, 1.54) is 0 Å². The first-order valence-electron chi connectivity index (χ1n) is 5.21. The quantitative estimate of drug-likeness (QED) is 0.778. The van der Waals surface area contributed by atoms with Gasteiger partial charge in [-0.2, -0.15) is 5.21 Å². The maximum Gasteiger partial charge on any atom is 0.295 e. The summed E-state index contributed by atoms with van der Waals surface area (Å²) in [6.07, 6.45) is 1.05. The third kappa shape index (κ3) is 3.00. The average molecular weight is 211 g/mol. The Bertz CT molecular complexity index is 297. The molecule has 0 bridgehead atoms. The van der Waals surface area contributed by atoms with Gasteiger partial charge in [-0.3, -0.25) is 4.79 Å². The molecular formula is C9H17N5O. The highest BCUT2D eigenvalue weighted by Gasteiger charge is 2.19. The SMILES string of the molecule is CCC(C)CN(CC)C(=O)c1nn[nH]n1. The number of hydrogen-bond donors (Lipinski definition) is 1. The largest absolute Gasteiger partial charge is 0.336 e. The Kier molecular flexibility index (Phi) is 4.20. The van der Waals surface area contributed by atoms with Crippen LogP contribution in [-0.2, 0) is 0 Å². The number of hydrogen-bond acceptors (Lipinski definition) is 4. The molecule has 1 amide bonds. The maximum absolute atomic E-state index is 11.8. The monoisotopic (exact) mass is 211 g/mol. The second-order valence-corrected chi connectivity index (χ2v) is 3.59. The summed E-state index contributed by atoms with van der Waals surface area (Å²) in [7, 11) is 0. The van der Waals surface area contributed by atoms with Gasteiger partial charge >= 0.3 is 0 Å². The van der Waals surface area contributed by atoms with E-state index >= 15 is 0 Å². The lowest BCUT2D eigenvalue weighted by Crippen LogP contribution is -2.35. The third-order valence-electron chi connectivity index (χ3n) is 2.43. The van der Waals surface area contributed by atoms with E-state index in [9.17, 15) is 4.79 Å². The highest BCUT2D eigenvalue weighted by Crippen LogP contribution is 2.06. The first kappa shape index (κ1) is 11.6. The standard InChI is InChI=1S/C9H17N5O/c1-4-7(3)6-14(5-2)9(15)8-10-12-13-11-8/h7H,4-6H2,1-3H3,(H,10,11,12,13). The molecule has 1 rings (SSSR count). The number of nitrogens with one attached hydrogen (secondary N) is 1. The van der Waals surface area contributed by atoms with E-state index < -0.39 is 0 Å². The zero-order chi connectivity index (χ0) is 11.3. The average Bonchev–Trinajstić information content (AvgIpc) is 2.77. The summed E-state index contributed by atoms with van der Waals surface area (Å²) in [4.78, 5) is 13.6. The van der Waals surface area contributed by atoms with Crippen LogP contribution in [0.2, 0.25) is 0 Å². The number of tetrazole rings is 1. The third-order valence-corrected chi connectivity index (χ3v) is 2.43. The molecule has 1 N–H and O–H groups in total. The molecule has 0 saturated carbocycles. The van der Waals surface area contributed by atoms with Crippen LogP contribution < -0.4 is 0 Å². The van der Waals surface area contributed by atoms with Gasteiger partial charge in [0.05, 0.1) is 0 Å². The van der Waals surface area contributed by atoms with E-state index in [1.807, 2.05) is 6.92 Å². The predicted molar refractivity (Wildman–Crippen MR) is 55.2 cm³/mol. The zero-order valence-corrected chi connectivity index (χ0v) is 9.40. The topological polar surface area (TPSA) is 74.8 Å². The number of nitrogens with zero attached hydrogens (tertiary/aromatic N) is 4. The van der Waals surface area contributed by atoms with E-state index in [0.717, 1.165) is 13.0 Å². The Hall–Kier alpha value is -1.46. The van der Waals surface area contributed by atoms with Crippen molar-refractivity contribution in [2.75, 3.05) is 13.1 Å². The lowest BCUT2D eigenvalue weighted by Gasteiger charge is -2.22. The van der Waals surface area contributed by atoms with Crippen molar-refractivity contribution in [2.24, 2.45) is 5.92 Å². The van der Waals surface area contributed by atoms with Crippen LogP contribution in [0, 0.1) is 5.92 Å². The number of amides is 1. The van der Waals surface area contributed by atoms with Gasteiger partial charge in [0.1, 0.15) is 0 Å². The first-order valence-corrected chi connectivity index (χ1v) is 5.21. The summed E-state index contributed by atoms with van der Waals surface area (Å²) >= 11 is 0. The van der Waals surface area contributed by atoms with Crippen molar-refractivity contribution in [3.63, 3.8) is 0 Å². The molecule has 0 aromatic carbocycles. The molecule has 0 radical (unpaired) electrons. The highest BCUT2D eigenvalue weighted by molar-refractivity contribution is 5.90. The van der Waals surface area contributed by atoms with Crippen LogP contribution >= 0.6 is 0 Å². The number of rotatable bonds is 5. The first-order chi connectivity index (χ1) is 7.19. The van der Waals surface area contributed by atoms with Gasteiger partial charge in [-0.25, -0.2) is 0 Å². The molecule has 0 aliphatic carbocycles. The predicted octanol–water partition coefficient (Wildman–Crippen LogP) is 0.708. The summed E-state index contributed by atoms with van der Waals surface area (Å²) < 4.78 is 0. The molecule has 6 nitrogen and oxygen atoms in total. The molecule has 6 heteroatoms. The number of carbonyl (C=O) groups excluding carboxylic acids is 1. The van der Waals surface area contributed by atoms with Crippen molar-refractivity contribution in [2.45, 2.75) is 27.2 Å². The summed E-state index contributed by atoms with van der Waals surface area (Å²) in [5.74, 6) is 0.465. The Morgan fingerprint density at radius 2 is 2.27 bits per heavy atom. The van der Waals surface area contributed by atoms with Gasteiger partial charge in [0.15, 0.2) is 0 Å². The van der Waals surface area contributed by atoms with Gasteiger partial charge in [-0.1, -0.05) is 20.3 Å². The summed E-state index contributed by atoms with van der Waals surface area (Å²) in [5.41, 5.74) is 0. The fourth-order valence-corrected chi connectivity index (χ4v) is 1.25. The van der Waals surface area contributed by atoms with E-state index in [2.05, 4.69) is 34.5 Å². The minimum Gasteiger partial charge on any atom is -0.336 e. The van der Waals surface area contributed by atoms with Crippen molar-refractivity contribution >= 4 is 5.91 Å². The zero-order valence-electron chi connectivity index (χ0n) is 9.40. The van der Waals surface area contributed by atoms with Crippen molar-refractivity contribution in [1.82, 2.24) is 25.5 Å². The molecule has 0 fully saturated rings. The van der Waals surface area contributed by atoms with Crippen LogP contribution in [0.25, 0.3) is 0 Å². The fraction of sp³-hybridized carbons (Fsp3) is 0.778. The molecule has 1 heterocycles. The molecule has 1 aromatic heterocycles. The highest BCUT2D eigenvalue weighted by atomic mass is 16.2. The molecule has 0 saturated heterocycles. The Labute approximate surface area is 89.0 Å². The van der Waals surface area contributed by atoms with Gasteiger partial charge < -0.3 is 4.90 Å². The molecule has 1 unspecified atom stereocenters. The molecule has 0 aliphatic rings. The van der Waals surface area contributed by atoms with Crippen LogP contribution in [-0.4, -0.2) is 44.5 Å². The summed E-state index contributed by atoms with van der Waals surface area (Å²) in [6.45, 7) is 7.57. The van der Waals surface area contributed by atoms with Gasteiger partial charge in [0, 0.05) is 13.1 Å². The Morgan fingerprint density at radius 3 is 2.73 bits per heavy atom. The van der Waals surface area contributed by atoms with E-state index in [0.29, 0.717) is 12.5 Å². The van der Waals surface area contributed by atoms with Crippen LogP contribution in [0.4, 0.5) is 0 Å². The minimum absolute atomic E-state index is 0.139. The second-order valence-electron chi connectivity index (χ2n) is 3.59. The maximum atomic E-state index is 11.8. The van der Waals surface area contributed by atoms with Crippen LogP contribution in [0.15, 0.2) is 0 Å². The van der Waals surface area contributed by atoms with Gasteiger partial charge in [0.2, 0.25) is 0 Å². The van der Waals surface area contributed by atoms with Crippen LogP contribution in [0.3, 0.4) is 0 Å². The lowest BCUT2D eigenvalue weighted by atomic mass is 10.1. The van der Waals surface area contributed by atoms with Crippen molar-refractivity contribution in [3.8, 4) is 0 Å². The van der Waals surface area contributed by atoms with Crippen LogP contribution in [0.1, 0.15) is 37.8 Å². The van der Waals surface area contributed by atoms with Gasteiger partial charge in [0.25, 0.3) is 11.7 Å². The molecule has 0 aliphatic heterocycles.